The third-order valence-electron chi connectivity index (χ3n) is 7.79. The highest BCUT2D eigenvalue weighted by Gasteiger charge is 2.43. The van der Waals surface area contributed by atoms with Gasteiger partial charge in [-0.25, -0.2) is 0 Å². The van der Waals surface area contributed by atoms with Crippen LogP contribution in [0, 0.1) is 5.92 Å². The summed E-state index contributed by atoms with van der Waals surface area (Å²) in [5, 5.41) is 1.89. The van der Waals surface area contributed by atoms with Gasteiger partial charge < -0.3 is 33.6 Å². The van der Waals surface area contributed by atoms with E-state index in [-0.39, 0.29) is 17.7 Å². The summed E-state index contributed by atoms with van der Waals surface area (Å²) in [5.41, 5.74) is 1.91. The van der Waals surface area contributed by atoms with E-state index in [9.17, 15) is 9.59 Å². The first-order valence-corrected chi connectivity index (χ1v) is 14.2. The number of benzene rings is 2. The highest BCUT2D eigenvalue weighted by atomic mass is 32.1. The first-order chi connectivity index (χ1) is 19.5. The Bertz CT molecular complexity index is 1310. The van der Waals surface area contributed by atoms with Gasteiger partial charge in [-0.3, -0.25) is 9.59 Å². The fourth-order valence-corrected chi connectivity index (χ4v) is 6.41. The van der Waals surface area contributed by atoms with Crippen LogP contribution in [0.5, 0.6) is 23.0 Å². The van der Waals surface area contributed by atoms with Crippen LogP contribution in [-0.4, -0.2) is 89.3 Å². The van der Waals surface area contributed by atoms with Gasteiger partial charge in [-0.05, 0) is 41.3 Å². The zero-order valence-corrected chi connectivity index (χ0v) is 24.1. The highest BCUT2D eigenvalue weighted by molar-refractivity contribution is 7.12. The lowest BCUT2D eigenvalue weighted by molar-refractivity contribution is -0.135. The second-order valence-electron chi connectivity index (χ2n) is 9.84. The number of methoxy groups -OCH3 is 4. The number of hydrogen-bond acceptors (Lipinski definition) is 8. The maximum atomic E-state index is 14.1. The number of carbonyl (C=O) groups excluding carboxylic acids is 2. The van der Waals surface area contributed by atoms with Gasteiger partial charge in [0.15, 0.2) is 11.5 Å². The molecular formula is C30H35N3O6S. The van der Waals surface area contributed by atoms with Crippen LogP contribution < -0.4 is 23.8 Å². The van der Waals surface area contributed by atoms with Gasteiger partial charge in [0.2, 0.25) is 11.7 Å². The summed E-state index contributed by atoms with van der Waals surface area (Å²) < 4.78 is 22.3. The smallest absolute Gasteiger partial charge is 0.263 e. The topological polar surface area (TPSA) is 80.8 Å². The number of ether oxygens (including phenoxy) is 4. The number of anilines is 1. The number of para-hydroxylation sites is 2. The third-order valence-corrected chi connectivity index (χ3v) is 8.65. The van der Waals surface area contributed by atoms with E-state index in [1.807, 2.05) is 58.8 Å². The van der Waals surface area contributed by atoms with Crippen molar-refractivity contribution in [3.63, 3.8) is 0 Å². The van der Waals surface area contributed by atoms with Gasteiger partial charge in [-0.1, -0.05) is 18.2 Å². The third kappa shape index (κ3) is 5.28. The Balaban J connectivity index is 1.40. The van der Waals surface area contributed by atoms with Crippen molar-refractivity contribution in [2.45, 2.75) is 5.92 Å². The van der Waals surface area contributed by atoms with Gasteiger partial charge in [-0.15, -0.1) is 11.3 Å². The molecule has 0 saturated carbocycles. The molecule has 0 aliphatic carbocycles. The lowest BCUT2D eigenvalue weighted by atomic mass is 9.87. The van der Waals surface area contributed by atoms with Crippen molar-refractivity contribution in [2.75, 3.05) is 72.6 Å². The first kappa shape index (κ1) is 27.6. The van der Waals surface area contributed by atoms with E-state index < -0.39 is 5.92 Å². The largest absolute Gasteiger partial charge is 0.495 e. The number of rotatable bonds is 8. The Morgan fingerprint density at radius 1 is 0.775 bits per heavy atom. The SMILES string of the molecule is COc1ccccc1N1CCN(C(=O)[C@@H]2CN(C(=O)c3cccs3)C[C@H]2c2cc(OC)c(OC)c(OC)c2)CC1. The molecule has 2 aliphatic rings. The van der Waals surface area contributed by atoms with Crippen molar-refractivity contribution in [3.8, 4) is 23.0 Å². The normalized spacial score (nSPS) is 18.9. The lowest BCUT2D eigenvalue weighted by Crippen LogP contribution is -2.51. The Kier molecular flexibility index (Phi) is 8.35. The fraction of sp³-hybridized carbons (Fsp3) is 0.400. The Labute approximate surface area is 238 Å². The molecular weight excluding hydrogens is 530 g/mol. The number of likely N-dealkylation sites (tertiary alicyclic amines) is 1. The number of thiophene rings is 1. The van der Waals surface area contributed by atoms with Crippen molar-refractivity contribution < 1.29 is 28.5 Å². The van der Waals surface area contributed by atoms with Crippen LogP contribution in [0.1, 0.15) is 21.2 Å². The van der Waals surface area contributed by atoms with E-state index >= 15 is 0 Å². The average molecular weight is 566 g/mol. The number of carbonyl (C=O) groups is 2. The molecule has 2 atom stereocenters. The van der Waals surface area contributed by atoms with Crippen molar-refractivity contribution in [1.82, 2.24) is 9.80 Å². The summed E-state index contributed by atoms with van der Waals surface area (Å²) in [6, 6.07) is 15.4. The van der Waals surface area contributed by atoms with Crippen LogP contribution in [0.2, 0.25) is 0 Å². The molecule has 2 saturated heterocycles. The molecule has 5 rings (SSSR count). The van der Waals surface area contributed by atoms with E-state index in [1.54, 1.807) is 33.3 Å². The molecule has 3 heterocycles. The molecule has 0 unspecified atom stereocenters. The predicted octanol–water partition coefficient (Wildman–Crippen LogP) is 3.99. The maximum Gasteiger partial charge on any atom is 0.263 e. The second kappa shape index (κ2) is 12.1. The summed E-state index contributed by atoms with van der Waals surface area (Å²) in [4.78, 5) is 34.1. The summed E-state index contributed by atoms with van der Waals surface area (Å²) >= 11 is 1.41. The lowest BCUT2D eigenvalue weighted by Gasteiger charge is -2.38. The molecule has 2 amide bonds. The Hall–Kier alpha value is -3.92. The molecule has 3 aromatic rings. The van der Waals surface area contributed by atoms with Gasteiger partial charge >= 0.3 is 0 Å². The summed E-state index contributed by atoms with van der Waals surface area (Å²) in [5.74, 6) is 1.75. The molecule has 10 heteroatoms. The zero-order valence-electron chi connectivity index (χ0n) is 23.3. The van der Waals surface area contributed by atoms with E-state index in [1.165, 1.54) is 11.3 Å². The summed E-state index contributed by atoms with van der Waals surface area (Å²) in [6.45, 7) is 3.36. The molecule has 2 aromatic carbocycles. The average Bonchev–Trinajstić information content (AvgIpc) is 3.71. The Morgan fingerprint density at radius 3 is 2.05 bits per heavy atom. The van der Waals surface area contributed by atoms with Gasteiger partial charge in [0.1, 0.15) is 5.75 Å². The van der Waals surface area contributed by atoms with E-state index in [2.05, 4.69) is 4.90 Å². The summed E-state index contributed by atoms with van der Waals surface area (Å²) in [7, 11) is 6.39. The van der Waals surface area contributed by atoms with Crippen molar-refractivity contribution in [2.24, 2.45) is 5.92 Å². The number of nitrogens with zero attached hydrogens (tertiary/aromatic N) is 3. The number of hydrogen-bond donors (Lipinski definition) is 0. The number of amides is 2. The first-order valence-electron chi connectivity index (χ1n) is 13.3. The molecule has 0 bridgehead atoms. The van der Waals surface area contributed by atoms with Gasteiger partial charge in [0.05, 0.1) is 44.9 Å². The summed E-state index contributed by atoms with van der Waals surface area (Å²) in [6.07, 6.45) is 0. The van der Waals surface area contributed by atoms with Gasteiger partial charge in [0.25, 0.3) is 5.91 Å². The molecule has 2 fully saturated rings. The molecule has 2 aliphatic heterocycles. The minimum atomic E-state index is -0.399. The monoisotopic (exact) mass is 565 g/mol. The van der Waals surface area contributed by atoms with E-state index in [4.69, 9.17) is 18.9 Å². The molecule has 9 nitrogen and oxygen atoms in total. The Morgan fingerprint density at radius 2 is 1.45 bits per heavy atom. The van der Waals surface area contributed by atoms with Crippen LogP contribution in [0.15, 0.2) is 53.9 Å². The predicted molar refractivity (Wildman–Crippen MR) is 154 cm³/mol. The van der Waals surface area contributed by atoms with E-state index in [0.717, 1.165) is 17.0 Å². The van der Waals surface area contributed by atoms with Crippen molar-refractivity contribution >= 4 is 28.8 Å². The van der Waals surface area contributed by atoms with Gasteiger partial charge in [-0.2, -0.15) is 0 Å². The molecule has 1 aromatic heterocycles. The van der Waals surface area contributed by atoms with Crippen LogP contribution >= 0.6 is 11.3 Å². The minimum absolute atomic E-state index is 0.0521. The quantitative estimate of drug-likeness (QED) is 0.409. The molecule has 0 radical (unpaired) electrons. The van der Waals surface area contributed by atoms with Crippen LogP contribution in [0.3, 0.4) is 0 Å². The molecule has 40 heavy (non-hydrogen) atoms. The molecule has 0 spiro atoms. The molecule has 0 N–H and O–H groups in total. The van der Waals surface area contributed by atoms with Crippen LogP contribution in [0.4, 0.5) is 5.69 Å². The zero-order chi connectivity index (χ0) is 28.2. The maximum absolute atomic E-state index is 14.1. The van der Waals surface area contributed by atoms with Crippen LogP contribution in [0.25, 0.3) is 0 Å². The fourth-order valence-electron chi connectivity index (χ4n) is 5.72. The van der Waals surface area contributed by atoms with E-state index in [0.29, 0.717) is 61.4 Å². The van der Waals surface area contributed by atoms with Crippen molar-refractivity contribution in [3.05, 3.63) is 64.4 Å². The number of piperazine rings is 1. The minimum Gasteiger partial charge on any atom is -0.495 e. The van der Waals surface area contributed by atoms with Gasteiger partial charge in [0, 0.05) is 45.2 Å². The van der Waals surface area contributed by atoms with Crippen molar-refractivity contribution in [1.29, 1.82) is 0 Å². The molecule has 212 valence electrons. The van der Waals surface area contributed by atoms with Crippen LogP contribution in [-0.2, 0) is 4.79 Å². The standard InChI is InChI=1S/C30H35N3O6S/c1-36-24-9-6-5-8-23(24)31-11-13-32(14-12-31)29(34)22-19-33(30(35)27-10-7-15-40-27)18-21(22)20-16-25(37-2)28(39-4)26(17-20)38-3/h5-10,15-17,21-22H,11-14,18-19H2,1-4H3/t21-,22+/m0/s1. The second-order valence-corrected chi connectivity index (χ2v) is 10.8. The highest BCUT2D eigenvalue weighted by Crippen LogP contribution is 2.44.